The predicted octanol–water partition coefficient (Wildman–Crippen LogP) is 6.95. The number of rotatable bonds is 5. The minimum atomic E-state index is -0.412. The van der Waals surface area contributed by atoms with Crippen LogP contribution < -0.4 is 4.90 Å². The van der Waals surface area contributed by atoms with Gasteiger partial charge < -0.3 is 0 Å². The molecule has 4 heterocycles. The van der Waals surface area contributed by atoms with Gasteiger partial charge in [0.2, 0.25) is 0 Å². The van der Waals surface area contributed by atoms with Crippen LogP contribution in [0.5, 0.6) is 0 Å². The highest BCUT2D eigenvalue weighted by Gasteiger charge is 2.25. The van der Waals surface area contributed by atoms with Crippen molar-refractivity contribution in [3.8, 4) is 10.6 Å². The second-order valence-electron chi connectivity index (χ2n) is 7.84. The average molecular weight is 497 g/mol. The van der Waals surface area contributed by atoms with Crippen LogP contribution in [0.3, 0.4) is 0 Å². The maximum atomic E-state index is 14.5. The van der Waals surface area contributed by atoms with Crippen LogP contribution in [0.15, 0.2) is 90.4 Å². The van der Waals surface area contributed by atoms with Crippen molar-refractivity contribution in [1.29, 1.82) is 0 Å². The van der Waals surface area contributed by atoms with Gasteiger partial charge in [-0.1, -0.05) is 47.7 Å². The summed E-state index contributed by atoms with van der Waals surface area (Å²) in [5, 5.41) is 3.15. The molecular formula is C27H17FN4OS2. The monoisotopic (exact) mass is 496 g/mol. The van der Waals surface area contributed by atoms with Gasteiger partial charge in [0.25, 0.3) is 5.91 Å². The van der Waals surface area contributed by atoms with Gasteiger partial charge in [0.05, 0.1) is 38.6 Å². The first-order valence-electron chi connectivity index (χ1n) is 10.9. The lowest BCUT2D eigenvalue weighted by molar-refractivity contribution is 0.0986. The number of anilines is 1. The number of fused-ring (bicyclic) bond motifs is 2. The van der Waals surface area contributed by atoms with Gasteiger partial charge in [-0.3, -0.25) is 14.7 Å². The summed E-state index contributed by atoms with van der Waals surface area (Å²) in [7, 11) is 0. The summed E-state index contributed by atoms with van der Waals surface area (Å²) < 4.78 is 15.1. The minimum Gasteiger partial charge on any atom is -0.278 e. The Morgan fingerprint density at radius 2 is 1.83 bits per heavy atom. The smallest absolute Gasteiger partial charge is 0.261 e. The Balaban J connectivity index is 1.53. The van der Waals surface area contributed by atoms with Crippen molar-refractivity contribution in [2.75, 3.05) is 4.90 Å². The molecule has 5 nitrogen and oxygen atoms in total. The highest BCUT2D eigenvalue weighted by atomic mass is 32.1. The number of amides is 1. The number of hydrogen-bond donors (Lipinski definition) is 0. The van der Waals surface area contributed by atoms with Crippen molar-refractivity contribution >= 4 is 54.8 Å². The molecule has 0 fully saturated rings. The molecule has 35 heavy (non-hydrogen) atoms. The van der Waals surface area contributed by atoms with E-state index >= 15 is 0 Å². The molecule has 2 aromatic carbocycles. The van der Waals surface area contributed by atoms with Crippen LogP contribution in [0.25, 0.3) is 31.7 Å². The van der Waals surface area contributed by atoms with E-state index < -0.39 is 5.82 Å². The van der Waals surface area contributed by atoms with E-state index in [0.717, 1.165) is 21.5 Å². The predicted molar refractivity (Wildman–Crippen MR) is 139 cm³/mol. The third-order valence-corrected chi connectivity index (χ3v) is 7.54. The summed E-state index contributed by atoms with van der Waals surface area (Å²) in [6.45, 7) is 0.200. The Morgan fingerprint density at radius 1 is 0.943 bits per heavy atom. The summed E-state index contributed by atoms with van der Waals surface area (Å²) >= 11 is 2.85. The number of thiophene rings is 1. The molecule has 6 aromatic rings. The van der Waals surface area contributed by atoms with E-state index in [1.807, 2.05) is 66.0 Å². The zero-order valence-corrected chi connectivity index (χ0v) is 19.9. The van der Waals surface area contributed by atoms with E-state index in [-0.39, 0.29) is 18.0 Å². The number of carbonyl (C=O) groups is 1. The second-order valence-corrected chi connectivity index (χ2v) is 9.80. The van der Waals surface area contributed by atoms with Crippen molar-refractivity contribution in [2.24, 2.45) is 0 Å². The second kappa shape index (κ2) is 8.98. The molecule has 0 bridgehead atoms. The van der Waals surface area contributed by atoms with Gasteiger partial charge in [0, 0.05) is 11.6 Å². The summed E-state index contributed by atoms with van der Waals surface area (Å²) in [4.78, 5) is 30.5. The van der Waals surface area contributed by atoms with Crippen LogP contribution in [-0.2, 0) is 6.54 Å². The Labute approximate surface area is 208 Å². The average Bonchev–Trinajstić information content (AvgIpc) is 3.58. The molecule has 0 aliphatic rings. The van der Waals surface area contributed by atoms with Crippen molar-refractivity contribution in [3.05, 3.63) is 108 Å². The molecule has 6 rings (SSSR count). The maximum Gasteiger partial charge on any atom is 0.261 e. The molecule has 0 atom stereocenters. The first-order valence-corrected chi connectivity index (χ1v) is 12.6. The summed E-state index contributed by atoms with van der Waals surface area (Å²) in [5.41, 5.74) is 2.93. The number of thiazole rings is 1. The third-order valence-electron chi connectivity index (χ3n) is 5.60. The van der Waals surface area contributed by atoms with E-state index in [0.29, 0.717) is 21.1 Å². The fourth-order valence-electron chi connectivity index (χ4n) is 3.95. The highest BCUT2D eigenvalue weighted by molar-refractivity contribution is 7.22. The highest BCUT2D eigenvalue weighted by Crippen LogP contribution is 2.34. The molecule has 0 N–H and O–H groups in total. The quantitative estimate of drug-likeness (QED) is 0.259. The van der Waals surface area contributed by atoms with Crippen molar-refractivity contribution in [1.82, 2.24) is 15.0 Å². The zero-order valence-electron chi connectivity index (χ0n) is 18.3. The topological polar surface area (TPSA) is 59.0 Å². The Bertz CT molecular complexity index is 1670. The molecule has 8 heteroatoms. The fraction of sp³-hybridized carbons (Fsp3) is 0.0370. The van der Waals surface area contributed by atoms with E-state index in [4.69, 9.17) is 4.98 Å². The van der Waals surface area contributed by atoms with Gasteiger partial charge >= 0.3 is 0 Å². The molecule has 4 aromatic heterocycles. The number of para-hydroxylation sites is 2. The van der Waals surface area contributed by atoms with Crippen molar-refractivity contribution in [2.45, 2.75) is 6.54 Å². The maximum absolute atomic E-state index is 14.5. The van der Waals surface area contributed by atoms with Crippen LogP contribution >= 0.6 is 22.7 Å². The number of carbonyl (C=O) groups excluding carboxylic acids is 1. The summed E-state index contributed by atoms with van der Waals surface area (Å²) in [5.74, 6) is -0.656. The standard InChI is InChI=1S/C27H17FN4OS2/c28-20-9-5-11-24-25(20)31-27(35-24)32(16-17-7-3-4-13-29-17)26(33)19-15-22(23-12-6-14-34-23)30-21-10-2-1-8-18(19)21/h1-15H,16H2. The molecule has 1 amide bonds. The Morgan fingerprint density at radius 3 is 2.63 bits per heavy atom. The molecule has 0 radical (unpaired) electrons. The number of aromatic nitrogens is 3. The first-order chi connectivity index (χ1) is 17.2. The van der Waals surface area contributed by atoms with Crippen LogP contribution in [-0.4, -0.2) is 20.9 Å². The van der Waals surface area contributed by atoms with Gasteiger partial charge in [0.1, 0.15) is 11.3 Å². The van der Waals surface area contributed by atoms with Gasteiger partial charge in [0.15, 0.2) is 5.13 Å². The fourth-order valence-corrected chi connectivity index (χ4v) is 5.61. The lowest BCUT2D eigenvalue weighted by Crippen LogP contribution is -2.31. The number of nitrogens with zero attached hydrogens (tertiary/aromatic N) is 4. The lowest BCUT2D eigenvalue weighted by atomic mass is 10.1. The number of benzene rings is 2. The third kappa shape index (κ3) is 4.07. The summed E-state index contributed by atoms with van der Waals surface area (Å²) in [6, 6.07) is 23.8. The normalized spacial score (nSPS) is 11.2. The van der Waals surface area contributed by atoms with Gasteiger partial charge in [-0.25, -0.2) is 14.4 Å². The van der Waals surface area contributed by atoms with Crippen LogP contribution in [0.4, 0.5) is 9.52 Å². The van der Waals surface area contributed by atoms with Crippen molar-refractivity contribution < 1.29 is 9.18 Å². The van der Waals surface area contributed by atoms with Crippen molar-refractivity contribution in [3.63, 3.8) is 0 Å². The minimum absolute atomic E-state index is 0.200. The molecule has 0 saturated heterocycles. The lowest BCUT2D eigenvalue weighted by Gasteiger charge is -2.21. The Kier molecular flexibility index (Phi) is 5.52. The molecule has 0 unspecified atom stereocenters. The number of halogens is 1. The number of pyridine rings is 2. The van der Waals surface area contributed by atoms with Crippen LogP contribution in [0.2, 0.25) is 0 Å². The van der Waals surface area contributed by atoms with E-state index in [2.05, 4.69) is 9.97 Å². The van der Waals surface area contributed by atoms with Gasteiger partial charge in [-0.2, -0.15) is 0 Å². The molecule has 0 aliphatic carbocycles. The molecular weight excluding hydrogens is 479 g/mol. The van der Waals surface area contributed by atoms with E-state index in [1.54, 1.807) is 34.6 Å². The van der Waals surface area contributed by atoms with Gasteiger partial charge in [-0.05, 0) is 47.8 Å². The van der Waals surface area contributed by atoms with Crippen LogP contribution in [0.1, 0.15) is 16.1 Å². The molecule has 0 aliphatic heterocycles. The molecule has 170 valence electrons. The van der Waals surface area contributed by atoms with E-state index in [1.165, 1.54) is 17.4 Å². The SMILES string of the molecule is O=C(c1cc(-c2cccs2)nc2ccccc12)N(Cc1ccccn1)c1nc2c(F)cccc2s1. The van der Waals surface area contributed by atoms with Crippen LogP contribution in [0, 0.1) is 5.82 Å². The summed E-state index contributed by atoms with van der Waals surface area (Å²) in [6.07, 6.45) is 1.69. The first kappa shape index (κ1) is 21.5. The largest absolute Gasteiger partial charge is 0.278 e. The Hall–Kier alpha value is -4.01. The zero-order chi connectivity index (χ0) is 23.8. The van der Waals surface area contributed by atoms with Gasteiger partial charge in [-0.15, -0.1) is 11.3 Å². The number of hydrogen-bond acceptors (Lipinski definition) is 6. The molecule has 0 saturated carbocycles. The van der Waals surface area contributed by atoms with E-state index in [9.17, 15) is 9.18 Å². The molecule has 0 spiro atoms.